The molecule has 4 nitrogen and oxygen atoms in total. The van der Waals surface area contributed by atoms with Crippen LogP contribution in [-0.4, -0.2) is 11.4 Å². The summed E-state index contributed by atoms with van der Waals surface area (Å²) in [5.41, 5.74) is 19.1. The summed E-state index contributed by atoms with van der Waals surface area (Å²) >= 11 is 1.90. The van der Waals surface area contributed by atoms with E-state index in [4.69, 9.17) is 8.83 Å². The average molecular weight is 871 g/mol. The van der Waals surface area contributed by atoms with Crippen molar-refractivity contribution in [2.24, 2.45) is 0 Å². The van der Waals surface area contributed by atoms with Gasteiger partial charge in [0.05, 0.1) is 16.4 Å². The molecule has 0 saturated heterocycles. The van der Waals surface area contributed by atoms with Crippen LogP contribution in [0.3, 0.4) is 0 Å². The number of nitrogens with zero attached hydrogens (tertiary/aromatic N) is 2. The third kappa shape index (κ3) is 4.65. The lowest BCUT2D eigenvalue weighted by molar-refractivity contribution is 0.332. The van der Waals surface area contributed by atoms with Crippen molar-refractivity contribution in [2.45, 2.75) is 77.6 Å². The molecule has 6 heteroatoms. The van der Waals surface area contributed by atoms with Crippen LogP contribution < -0.4 is 15.7 Å². The van der Waals surface area contributed by atoms with Crippen LogP contribution in [-0.2, 0) is 16.2 Å². The zero-order valence-corrected chi connectivity index (χ0v) is 39.1. The number of thiophene rings is 1. The van der Waals surface area contributed by atoms with Gasteiger partial charge in [-0.25, -0.2) is 0 Å². The predicted octanol–water partition coefficient (Wildman–Crippen LogP) is 15.8. The van der Waals surface area contributed by atoms with Crippen molar-refractivity contribution in [1.29, 1.82) is 0 Å². The third-order valence-electron chi connectivity index (χ3n) is 16.2. The van der Waals surface area contributed by atoms with E-state index < -0.39 is 0 Å². The van der Waals surface area contributed by atoms with Gasteiger partial charge >= 0.3 is 6.85 Å². The average Bonchev–Trinajstić information content (AvgIpc) is 4.07. The number of benzene rings is 8. The maximum atomic E-state index is 7.31. The highest BCUT2D eigenvalue weighted by Gasteiger charge is 2.47. The van der Waals surface area contributed by atoms with Crippen molar-refractivity contribution in [3.05, 3.63) is 150 Å². The van der Waals surface area contributed by atoms with Crippen LogP contribution in [0.2, 0.25) is 0 Å². The fourth-order valence-electron chi connectivity index (χ4n) is 12.7. The van der Waals surface area contributed by atoms with Crippen LogP contribution >= 0.6 is 11.3 Å². The number of aromatic nitrogens is 1. The molecule has 318 valence electrons. The largest absolute Gasteiger partial charge is 0.456 e. The molecule has 0 fully saturated rings. The summed E-state index contributed by atoms with van der Waals surface area (Å²) in [7, 11) is 0. The van der Waals surface area contributed by atoms with Crippen LogP contribution in [0.1, 0.15) is 78.0 Å². The highest BCUT2D eigenvalue weighted by Crippen LogP contribution is 2.55. The zero-order chi connectivity index (χ0) is 44.3. The molecule has 0 saturated carbocycles. The molecule has 66 heavy (non-hydrogen) atoms. The second-order valence-corrected chi connectivity index (χ2v) is 23.0. The number of furan rings is 2. The second kappa shape index (κ2) is 12.2. The predicted molar refractivity (Wildman–Crippen MR) is 281 cm³/mol. The second-order valence-electron chi connectivity index (χ2n) is 21.9. The maximum absolute atomic E-state index is 7.31. The fourth-order valence-corrected chi connectivity index (χ4v) is 13.8. The van der Waals surface area contributed by atoms with Gasteiger partial charge in [-0.3, -0.25) is 0 Å². The van der Waals surface area contributed by atoms with Crippen molar-refractivity contribution in [1.82, 2.24) is 4.57 Å². The first-order chi connectivity index (χ1) is 31.8. The molecule has 3 aliphatic rings. The summed E-state index contributed by atoms with van der Waals surface area (Å²) in [5, 5.41) is 9.70. The lowest BCUT2D eigenvalue weighted by atomic mass is 9.43. The van der Waals surface area contributed by atoms with Gasteiger partial charge in [0.25, 0.3) is 0 Å². The summed E-state index contributed by atoms with van der Waals surface area (Å²) < 4.78 is 19.3. The summed E-state index contributed by atoms with van der Waals surface area (Å²) in [6, 6.07) is 50.7. The van der Waals surface area contributed by atoms with Crippen molar-refractivity contribution >= 4 is 126 Å². The van der Waals surface area contributed by atoms with E-state index in [9.17, 15) is 0 Å². The van der Waals surface area contributed by atoms with E-state index in [0.717, 1.165) is 57.0 Å². The van der Waals surface area contributed by atoms with Gasteiger partial charge in [-0.05, 0) is 117 Å². The lowest BCUT2D eigenvalue weighted by Gasteiger charge is -2.42. The molecule has 2 aliphatic heterocycles. The molecular weight excluding hydrogens is 824 g/mol. The first-order valence-electron chi connectivity index (χ1n) is 23.7. The summed E-state index contributed by atoms with van der Waals surface area (Å²) in [4.78, 5) is 2.69. The van der Waals surface area contributed by atoms with Gasteiger partial charge in [0, 0.05) is 75.8 Å². The van der Waals surface area contributed by atoms with Crippen LogP contribution in [0.15, 0.2) is 142 Å². The standard InChI is InChI=1S/C60H47BN2O2S/c1-58(2,3)32-20-22-33(23-21-32)63-45-28-38-35-15-10-13-19-50(35)66-51(38)29-40(45)52-53-36-16-9-12-18-48(36)65-57(53)54-39-26-41-42(60(6,7)25-24-59(41,4)5)30-44(39)62-46-31-49-37(34-14-8-11-17-47(34)64-49)27-43(46)61(63)55(52)56(54)62/h8-23,26-31H,24-25H2,1-7H3. The van der Waals surface area contributed by atoms with Crippen LogP contribution in [0.4, 0.5) is 11.4 Å². The molecule has 15 rings (SSSR count). The van der Waals surface area contributed by atoms with Gasteiger partial charge in [-0.1, -0.05) is 121 Å². The quantitative estimate of drug-likeness (QED) is 0.154. The topological polar surface area (TPSA) is 34.5 Å². The van der Waals surface area contributed by atoms with Crippen molar-refractivity contribution < 1.29 is 8.83 Å². The summed E-state index contributed by atoms with van der Waals surface area (Å²) in [6.07, 6.45) is 2.29. The van der Waals surface area contributed by atoms with Crippen LogP contribution in [0.5, 0.6) is 0 Å². The van der Waals surface area contributed by atoms with Gasteiger partial charge in [0.15, 0.2) is 0 Å². The number of fused-ring (bicyclic) bond motifs is 20. The molecule has 0 spiro atoms. The third-order valence-corrected chi connectivity index (χ3v) is 17.3. The van der Waals surface area contributed by atoms with Gasteiger partial charge in [0.1, 0.15) is 22.3 Å². The maximum Gasteiger partial charge on any atom is 0.333 e. The Bertz CT molecular complexity index is 4170. The Morgan fingerprint density at radius 3 is 2.02 bits per heavy atom. The number of para-hydroxylation sites is 2. The lowest BCUT2D eigenvalue weighted by Crippen LogP contribution is -2.60. The highest BCUT2D eigenvalue weighted by molar-refractivity contribution is 7.25. The molecule has 0 amide bonds. The fraction of sp³-hybridized carbons (Fsp3) is 0.200. The number of rotatable bonds is 1. The van der Waals surface area contributed by atoms with E-state index in [-0.39, 0.29) is 23.1 Å². The first kappa shape index (κ1) is 37.5. The zero-order valence-electron chi connectivity index (χ0n) is 38.3. The van der Waals surface area contributed by atoms with Gasteiger partial charge in [-0.2, -0.15) is 0 Å². The highest BCUT2D eigenvalue weighted by atomic mass is 32.1. The van der Waals surface area contributed by atoms with Gasteiger partial charge < -0.3 is 18.2 Å². The molecule has 4 aromatic heterocycles. The van der Waals surface area contributed by atoms with Crippen molar-refractivity contribution in [2.75, 3.05) is 4.81 Å². The SMILES string of the molecule is CC(C)(C)c1ccc(N2B3c4cc5c(cc4-n4c6cc7c(cc6c6c8oc9ccccc9c8c(c3c64)-c3cc4sc6ccccc6c4cc32)C(C)(C)CCC7(C)C)oc2ccccc25)cc1. The Balaban J connectivity index is 1.20. The molecule has 0 unspecified atom stereocenters. The number of hydrogen-bond donors (Lipinski definition) is 0. The Labute approximate surface area is 387 Å². The Morgan fingerprint density at radius 2 is 1.26 bits per heavy atom. The summed E-state index contributed by atoms with van der Waals surface area (Å²) in [5.74, 6) is 0. The van der Waals surface area contributed by atoms with Gasteiger partial charge in [0.2, 0.25) is 0 Å². The Kier molecular flexibility index (Phi) is 6.91. The van der Waals surface area contributed by atoms with E-state index in [1.165, 1.54) is 97.5 Å². The minimum atomic E-state index is -0.178. The van der Waals surface area contributed by atoms with E-state index in [0.29, 0.717) is 0 Å². The van der Waals surface area contributed by atoms with Crippen LogP contribution in [0, 0.1) is 0 Å². The van der Waals surface area contributed by atoms with Crippen molar-refractivity contribution in [3.8, 4) is 16.8 Å². The van der Waals surface area contributed by atoms with E-state index >= 15 is 0 Å². The number of hydrogen-bond acceptors (Lipinski definition) is 4. The molecular formula is C60H47BN2O2S. The van der Waals surface area contributed by atoms with E-state index in [1.807, 2.05) is 11.3 Å². The number of anilines is 2. The Hall–Kier alpha value is -6.76. The minimum absolute atomic E-state index is 0.0153. The summed E-state index contributed by atoms with van der Waals surface area (Å²) in [6.45, 7) is 16.5. The molecule has 0 radical (unpaired) electrons. The Morgan fingerprint density at radius 1 is 0.576 bits per heavy atom. The van der Waals surface area contributed by atoms with E-state index in [1.54, 1.807) is 0 Å². The monoisotopic (exact) mass is 870 g/mol. The van der Waals surface area contributed by atoms with Gasteiger partial charge in [-0.15, -0.1) is 11.3 Å². The normalized spacial score (nSPS) is 16.2. The first-order valence-corrected chi connectivity index (χ1v) is 24.5. The van der Waals surface area contributed by atoms with Crippen molar-refractivity contribution in [3.63, 3.8) is 0 Å². The minimum Gasteiger partial charge on any atom is -0.456 e. The molecule has 1 aliphatic carbocycles. The molecule has 0 N–H and O–H groups in total. The molecule has 0 bridgehead atoms. The molecule has 6 heterocycles. The molecule has 0 atom stereocenters. The van der Waals surface area contributed by atoms with E-state index in [2.05, 4.69) is 191 Å². The molecule has 8 aromatic carbocycles. The smallest absolute Gasteiger partial charge is 0.333 e. The van der Waals surface area contributed by atoms with Crippen LogP contribution in [0.25, 0.3) is 103 Å². The molecule has 12 aromatic rings.